The Bertz CT molecular complexity index is 531. The minimum absolute atomic E-state index is 0.266. The van der Waals surface area contributed by atoms with Crippen LogP contribution in [0.4, 0.5) is 0 Å². The first-order valence-corrected chi connectivity index (χ1v) is 8.09. The zero-order chi connectivity index (χ0) is 15.4. The zero-order valence-electron chi connectivity index (χ0n) is 12.8. The summed E-state index contributed by atoms with van der Waals surface area (Å²) in [6.07, 6.45) is 4.30. The molecule has 1 N–H and O–H groups in total. The van der Waals surface area contributed by atoms with Crippen LogP contribution in [0.25, 0.3) is 0 Å². The van der Waals surface area contributed by atoms with Crippen LogP contribution in [-0.4, -0.2) is 42.3 Å². The van der Waals surface area contributed by atoms with Crippen molar-refractivity contribution in [2.75, 3.05) is 26.3 Å². The highest BCUT2D eigenvalue weighted by atomic mass is 16.6. The van der Waals surface area contributed by atoms with E-state index in [1.165, 1.54) is 12.0 Å². The highest BCUT2D eigenvalue weighted by Crippen LogP contribution is 2.38. The maximum absolute atomic E-state index is 10.6. The van der Waals surface area contributed by atoms with E-state index in [1.54, 1.807) is 0 Å². The predicted molar refractivity (Wildman–Crippen MR) is 82.5 cm³/mol. The van der Waals surface area contributed by atoms with Crippen LogP contribution in [0.5, 0.6) is 11.5 Å². The number of aliphatic carboxylic acids is 1. The van der Waals surface area contributed by atoms with Crippen molar-refractivity contribution in [3.8, 4) is 11.5 Å². The molecule has 0 saturated carbocycles. The highest BCUT2D eigenvalue weighted by Gasteiger charge is 2.26. The number of fused-ring (bicyclic) bond motifs is 1. The third-order valence-corrected chi connectivity index (χ3v) is 4.40. The Morgan fingerprint density at radius 1 is 1.23 bits per heavy atom. The number of unbranched alkanes of at least 4 members (excludes halogenated alkanes) is 1. The van der Waals surface area contributed by atoms with Gasteiger partial charge in [-0.05, 0) is 56.5 Å². The molecule has 5 nitrogen and oxygen atoms in total. The Hall–Kier alpha value is -1.75. The molecule has 1 atom stereocenters. The van der Waals surface area contributed by atoms with Crippen LogP contribution in [-0.2, 0) is 4.79 Å². The zero-order valence-corrected chi connectivity index (χ0v) is 12.8. The van der Waals surface area contributed by atoms with Gasteiger partial charge in [0, 0.05) is 12.5 Å². The lowest BCUT2D eigenvalue weighted by Crippen LogP contribution is -2.25. The Morgan fingerprint density at radius 2 is 2.05 bits per heavy atom. The molecule has 2 aliphatic rings. The first kappa shape index (κ1) is 15.2. The average Bonchev–Trinajstić information content (AvgIpc) is 2.99. The number of likely N-dealkylation sites (tertiary alicyclic amines) is 1. The summed E-state index contributed by atoms with van der Waals surface area (Å²) in [5.41, 5.74) is 1.28. The Morgan fingerprint density at radius 3 is 2.86 bits per heavy atom. The second-order valence-corrected chi connectivity index (χ2v) is 5.95. The molecule has 1 saturated heterocycles. The lowest BCUT2D eigenvalue weighted by molar-refractivity contribution is -0.137. The van der Waals surface area contributed by atoms with Crippen LogP contribution in [0.2, 0.25) is 0 Å². The Labute approximate surface area is 130 Å². The topological polar surface area (TPSA) is 59.0 Å². The summed E-state index contributed by atoms with van der Waals surface area (Å²) in [4.78, 5) is 13.0. The number of rotatable bonds is 6. The molecule has 0 aliphatic carbocycles. The minimum atomic E-state index is -0.704. The van der Waals surface area contributed by atoms with E-state index >= 15 is 0 Å². The van der Waals surface area contributed by atoms with E-state index in [4.69, 9.17) is 14.6 Å². The summed E-state index contributed by atoms with van der Waals surface area (Å²) in [6.45, 7) is 3.28. The minimum Gasteiger partial charge on any atom is -0.486 e. The molecule has 1 aromatic rings. The van der Waals surface area contributed by atoms with Crippen LogP contribution in [0.15, 0.2) is 18.2 Å². The second kappa shape index (κ2) is 7.01. The first-order chi connectivity index (χ1) is 10.7. The molecule has 0 aromatic heterocycles. The fourth-order valence-corrected chi connectivity index (χ4v) is 3.33. The third kappa shape index (κ3) is 3.53. The number of carboxylic acids is 1. The summed E-state index contributed by atoms with van der Waals surface area (Å²) in [7, 11) is 0. The molecule has 0 amide bonds. The van der Waals surface area contributed by atoms with E-state index in [9.17, 15) is 4.79 Å². The quantitative estimate of drug-likeness (QED) is 0.819. The molecular weight excluding hydrogens is 282 g/mol. The Kier molecular flexibility index (Phi) is 4.83. The normalized spacial score (nSPS) is 21.0. The van der Waals surface area contributed by atoms with Crippen LogP contribution < -0.4 is 9.47 Å². The van der Waals surface area contributed by atoms with Gasteiger partial charge < -0.3 is 14.6 Å². The molecule has 3 rings (SSSR count). The van der Waals surface area contributed by atoms with Gasteiger partial charge in [0.15, 0.2) is 11.5 Å². The Balaban J connectivity index is 1.61. The van der Waals surface area contributed by atoms with Gasteiger partial charge in [-0.25, -0.2) is 0 Å². The van der Waals surface area contributed by atoms with Gasteiger partial charge in [0.1, 0.15) is 13.2 Å². The van der Waals surface area contributed by atoms with Crippen molar-refractivity contribution in [2.24, 2.45) is 0 Å². The SMILES string of the molecule is O=C(O)CCCCN1CCCC1c1ccc2c(c1)OCCO2. The molecule has 5 heteroatoms. The maximum Gasteiger partial charge on any atom is 0.303 e. The van der Waals surface area contributed by atoms with Gasteiger partial charge in [-0.1, -0.05) is 6.07 Å². The monoisotopic (exact) mass is 305 g/mol. The number of hydrogen-bond acceptors (Lipinski definition) is 4. The van der Waals surface area contributed by atoms with Crippen LogP contribution in [0.3, 0.4) is 0 Å². The molecule has 1 fully saturated rings. The van der Waals surface area contributed by atoms with Crippen molar-refractivity contribution in [3.63, 3.8) is 0 Å². The van der Waals surface area contributed by atoms with Crippen molar-refractivity contribution in [3.05, 3.63) is 23.8 Å². The lowest BCUT2D eigenvalue weighted by Gasteiger charge is -2.26. The van der Waals surface area contributed by atoms with E-state index in [1.807, 2.05) is 6.07 Å². The van der Waals surface area contributed by atoms with Crippen LogP contribution in [0, 0.1) is 0 Å². The van der Waals surface area contributed by atoms with Crippen molar-refractivity contribution < 1.29 is 19.4 Å². The average molecular weight is 305 g/mol. The summed E-state index contributed by atoms with van der Waals surface area (Å²) in [5.74, 6) is 0.979. The summed E-state index contributed by atoms with van der Waals surface area (Å²) >= 11 is 0. The summed E-state index contributed by atoms with van der Waals surface area (Å²) in [5, 5.41) is 8.71. The molecule has 0 radical (unpaired) electrons. The largest absolute Gasteiger partial charge is 0.486 e. The fraction of sp³-hybridized carbons (Fsp3) is 0.588. The number of carboxylic acid groups (broad SMARTS) is 1. The second-order valence-electron chi connectivity index (χ2n) is 5.95. The highest BCUT2D eigenvalue weighted by molar-refractivity contribution is 5.66. The van der Waals surface area contributed by atoms with Crippen molar-refractivity contribution in [2.45, 2.75) is 38.1 Å². The molecule has 0 spiro atoms. The van der Waals surface area contributed by atoms with Gasteiger partial charge in [0.25, 0.3) is 0 Å². The van der Waals surface area contributed by atoms with E-state index in [0.29, 0.717) is 19.3 Å². The van der Waals surface area contributed by atoms with E-state index < -0.39 is 5.97 Å². The van der Waals surface area contributed by atoms with Gasteiger partial charge in [-0.2, -0.15) is 0 Å². The third-order valence-electron chi connectivity index (χ3n) is 4.40. The number of benzene rings is 1. The van der Waals surface area contributed by atoms with E-state index in [0.717, 1.165) is 43.9 Å². The summed E-state index contributed by atoms with van der Waals surface area (Å²) < 4.78 is 11.3. The molecule has 1 unspecified atom stereocenters. The molecule has 22 heavy (non-hydrogen) atoms. The van der Waals surface area contributed by atoms with Crippen LogP contribution >= 0.6 is 0 Å². The maximum atomic E-state index is 10.6. The van der Waals surface area contributed by atoms with Crippen LogP contribution in [0.1, 0.15) is 43.7 Å². The summed E-state index contributed by atoms with van der Waals surface area (Å²) in [6, 6.07) is 6.66. The van der Waals surface area contributed by atoms with E-state index in [-0.39, 0.29) is 6.42 Å². The molecule has 1 aromatic carbocycles. The number of nitrogens with zero attached hydrogens (tertiary/aromatic N) is 1. The number of hydrogen-bond donors (Lipinski definition) is 1. The van der Waals surface area contributed by atoms with Gasteiger partial charge >= 0.3 is 5.97 Å². The van der Waals surface area contributed by atoms with Gasteiger partial charge in [0.2, 0.25) is 0 Å². The first-order valence-electron chi connectivity index (χ1n) is 8.09. The van der Waals surface area contributed by atoms with Gasteiger partial charge in [-0.15, -0.1) is 0 Å². The fourth-order valence-electron chi connectivity index (χ4n) is 3.33. The molecule has 120 valence electrons. The number of ether oxygens (including phenoxy) is 2. The molecule has 0 bridgehead atoms. The van der Waals surface area contributed by atoms with Gasteiger partial charge in [0.05, 0.1) is 0 Å². The van der Waals surface area contributed by atoms with E-state index in [2.05, 4.69) is 17.0 Å². The van der Waals surface area contributed by atoms with Crippen molar-refractivity contribution in [1.29, 1.82) is 0 Å². The van der Waals surface area contributed by atoms with Crippen molar-refractivity contribution in [1.82, 2.24) is 4.90 Å². The predicted octanol–water partition coefficient (Wildman–Crippen LogP) is 2.85. The lowest BCUT2D eigenvalue weighted by atomic mass is 10.0. The van der Waals surface area contributed by atoms with Gasteiger partial charge in [-0.3, -0.25) is 9.69 Å². The molecular formula is C17H23NO4. The van der Waals surface area contributed by atoms with Crippen molar-refractivity contribution >= 4 is 5.97 Å². The molecule has 2 heterocycles. The standard InChI is InChI=1S/C17H23NO4/c19-17(20)5-1-2-8-18-9-3-4-14(18)13-6-7-15-16(12-13)22-11-10-21-15/h6-7,12,14H,1-5,8-11H2,(H,19,20). The smallest absolute Gasteiger partial charge is 0.303 e. The number of carbonyl (C=O) groups is 1. The molecule has 2 aliphatic heterocycles.